The molecule has 0 rings (SSSR count). The molecule has 0 aliphatic carbocycles. The van der Waals surface area contributed by atoms with Crippen molar-refractivity contribution < 1.29 is 0 Å². The summed E-state index contributed by atoms with van der Waals surface area (Å²) in [4.78, 5) is 1.37. The average Bonchev–Trinajstić information content (AvgIpc) is 1.38. The molecule has 0 spiro atoms. The van der Waals surface area contributed by atoms with Crippen molar-refractivity contribution in [3.8, 4) is 0 Å². The van der Waals surface area contributed by atoms with E-state index in [1.807, 2.05) is 18.6 Å². The van der Waals surface area contributed by atoms with Crippen molar-refractivity contribution in [2.24, 2.45) is 5.92 Å². The Kier molecular flexibility index (Phi) is 23.0. The largest absolute Gasteiger partial charge is 0.147 e. The molecule has 0 atom stereocenters. The predicted octanol–water partition coefficient (Wildman–Crippen LogP) is 2.07. The molecular weight excluding hydrogens is 189 g/mol. The molecule has 0 heterocycles. The van der Waals surface area contributed by atoms with E-state index in [0.717, 1.165) is 5.92 Å². The van der Waals surface area contributed by atoms with Crippen molar-refractivity contribution in [1.29, 1.82) is 0 Å². The topological polar surface area (TPSA) is 0 Å². The van der Waals surface area contributed by atoms with Gasteiger partial charge in [0.1, 0.15) is 0 Å². The van der Waals surface area contributed by atoms with Gasteiger partial charge in [0, 0.05) is 0 Å². The van der Waals surface area contributed by atoms with Crippen LogP contribution in [0.3, 0.4) is 0 Å². The van der Waals surface area contributed by atoms with Crippen LogP contribution in [0.5, 0.6) is 0 Å². The molecule has 0 saturated heterocycles. The van der Waals surface area contributed by atoms with E-state index in [0.29, 0.717) is 0 Å². The van der Waals surface area contributed by atoms with Crippen LogP contribution in [-0.4, -0.2) is 18.6 Å². The number of rotatable bonds is 1. The Balaban J connectivity index is -0.0000000800. The first kappa shape index (κ1) is 15.7. The summed E-state index contributed by atoms with van der Waals surface area (Å²) >= 11 is 1.83. The molecule has 44 valence electrons. The van der Waals surface area contributed by atoms with Gasteiger partial charge in [0.15, 0.2) is 0 Å². The van der Waals surface area contributed by atoms with Gasteiger partial charge in [-0.25, -0.2) is 0 Å². The van der Waals surface area contributed by atoms with Gasteiger partial charge in [0.05, 0.1) is 0 Å². The van der Waals surface area contributed by atoms with Crippen LogP contribution in [0.25, 0.3) is 0 Å². The average molecular weight is 200 g/mol. The maximum absolute atomic E-state index is 2.24. The molecule has 0 fully saturated rings. The Morgan fingerprint density at radius 3 is 1.43 bits per heavy atom. The Morgan fingerprint density at radius 1 is 1.29 bits per heavy atom. The fourth-order valence-electron chi connectivity index (χ4n) is 0. The first-order valence-electron chi connectivity index (χ1n) is 1.97. The van der Waals surface area contributed by atoms with E-state index in [-0.39, 0.29) is 24.8 Å². The Bertz CT molecular complexity index is 23.7. The molecule has 0 aliphatic rings. The van der Waals surface area contributed by atoms with E-state index in [1.165, 1.54) is 4.98 Å². The van der Waals surface area contributed by atoms with Gasteiger partial charge in [-0.1, -0.05) is 0 Å². The third kappa shape index (κ3) is 19.0. The maximum Gasteiger partial charge on any atom is -0.147 e. The minimum absolute atomic E-state index is 0. The van der Waals surface area contributed by atoms with Crippen LogP contribution < -0.4 is 0 Å². The van der Waals surface area contributed by atoms with Gasteiger partial charge in [0.25, 0.3) is 0 Å². The second-order valence-electron chi connectivity index (χ2n) is 1.63. The van der Waals surface area contributed by atoms with Crippen molar-refractivity contribution >= 4 is 43.4 Å². The van der Waals surface area contributed by atoms with Crippen molar-refractivity contribution in [3.63, 3.8) is 0 Å². The van der Waals surface area contributed by atoms with Crippen LogP contribution in [0, 0.1) is 5.92 Å². The Hall–Kier alpha value is 1.22. The van der Waals surface area contributed by atoms with Gasteiger partial charge in [-0.05, 0) is 0 Å². The van der Waals surface area contributed by atoms with Crippen LogP contribution in [0.4, 0.5) is 0 Å². The molecule has 0 aromatic carbocycles. The summed E-state index contributed by atoms with van der Waals surface area (Å²) in [6.07, 6.45) is 0. The molecule has 0 amide bonds. The van der Waals surface area contributed by atoms with Crippen LogP contribution in [-0.2, 0) is 0 Å². The third-order valence-electron chi connectivity index (χ3n) is 0.471. The predicted molar refractivity (Wildman–Crippen MR) is 39.9 cm³/mol. The number of hydrogen-bond acceptors (Lipinski definition) is 0. The Labute approximate surface area is 68.2 Å². The van der Waals surface area contributed by atoms with E-state index in [9.17, 15) is 0 Å². The molecule has 0 saturated carbocycles. The fraction of sp³-hybridized carbons (Fsp3) is 1.00. The fourth-order valence-corrected chi connectivity index (χ4v) is 0. The van der Waals surface area contributed by atoms with Gasteiger partial charge in [0.2, 0.25) is 0 Å². The smallest absolute Gasteiger partial charge is 0.147 e. The summed E-state index contributed by atoms with van der Waals surface area (Å²) < 4.78 is 0. The molecule has 0 aromatic heterocycles. The monoisotopic (exact) mass is 198 g/mol. The molecule has 7 heavy (non-hydrogen) atoms. The summed E-state index contributed by atoms with van der Waals surface area (Å²) in [6.45, 7) is 4.48. The van der Waals surface area contributed by atoms with E-state index < -0.39 is 0 Å². The summed E-state index contributed by atoms with van der Waals surface area (Å²) in [5.74, 6) is 0.912. The molecular formula is C4H11Cl2Ga. The summed E-state index contributed by atoms with van der Waals surface area (Å²) in [6, 6.07) is 0. The quantitative estimate of drug-likeness (QED) is 0.568. The maximum atomic E-state index is 2.24. The molecule has 0 N–H and O–H groups in total. The second kappa shape index (κ2) is 10.2. The van der Waals surface area contributed by atoms with Gasteiger partial charge in [-0.3, -0.25) is 0 Å². The van der Waals surface area contributed by atoms with Gasteiger partial charge in [-0.2, -0.15) is 0 Å². The first-order valence-corrected chi connectivity index (χ1v) is 3.68. The van der Waals surface area contributed by atoms with Gasteiger partial charge in [-0.15, -0.1) is 24.8 Å². The van der Waals surface area contributed by atoms with Crippen molar-refractivity contribution in [2.45, 2.75) is 18.8 Å². The van der Waals surface area contributed by atoms with Crippen LogP contribution >= 0.6 is 24.8 Å². The van der Waals surface area contributed by atoms with E-state index in [2.05, 4.69) is 13.8 Å². The zero-order valence-corrected chi connectivity index (χ0v) is 8.73. The van der Waals surface area contributed by atoms with Crippen LogP contribution in [0.15, 0.2) is 0 Å². The standard InChI is InChI=1S/C4H9.2ClH.Ga/c1-4(2)3;;;/h4H,1H2,2-3H3;2*1H;. The third-order valence-corrected chi connectivity index (χ3v) is 2.45. The van der Waals surface area contributed by atoms with E-state index in [1.54, 1.807) is 0 Å². The summed E-state index contributed by atoms with van der Waals surface area (Å²) in [5.41, 5.74) is 0. The normalized spacial score (nSPS) is 6.71. The molecule has 0 aliphatic heterocycles. The van der Waals surface area contributed by atoms with E-state index in [4.69, 9.17) is 0 Å². The number of hydrogen-bond donors (Lipinski definition) is 0. The second-order valence-corrected chi connectivity index (χ2v) is 2.62. The minimum atomic E-state index is 0. The van der Waals surface area contributed by atoms with Crippen molar-refractivity contribution in [1.82, 2.24) is 0 Å². The van der Waals surface area contributed by atoms with E-state index >= 15 is 0 Å². The molecule has 0 nitrogen and oxygen atoms in total. The van der Waals surface area contributed by atoms with Gasteiger partial charge >= 0.3 is 43.3 Å². The summed E-state index contributed by atoms with van der Waals surface area (Å²) in [5, 5.41) is 0. The first-order chi connectivity index (χ1) is 2.27. The number of halogens is 2. The molecule has 0 bridgehead atoms. The zero-order valence-electron chi connectivity index (χ0n) is 4.68. The van der Waals surface area contributed by atoms with Gasteiger partial charge < -0.3 is 0 Å². The van der Waals surface area contributed by atoms with Crippen molar-refractivity contribution in [3.05, 3.63) is 0 Å². The molecule has 3 heteroatoms. The van der Waals surface area contributed by atoms with Crippen LogP contribution in [0.1, 0.15) is 13.8 Å². The summed E-state index contributed by atoms with van der Waals surface area (Å²) in [7, 11) is 0. The Morgan fingerprint density at radius 2 is 1.43 bits per heavy atom. The van der Waals surface area contributed by atoms with Crippen molar-refractivity contribution in [2.75, 3.05) is 0 Å². The van der Waals surface area contributed by atoms with Crippen LogP contribution in [0.2, 0.25) is 4.98 Å². The molecule has 2 radical (unpaired) electrons. The molecule has 0 aromatic rings. The molecule has 0 unspecified atom stereocenters. The zero-order chi connectivity index (χ0) is 4.28. The SMILES string of the molecule is CC(C)[CH2][Ga].Cl.Cl. The minimum Gasteiger partial charge on any atom is -0.147 e.